The largest absolute Gasteiger partial charge is 0.386 e. The topological polar surface area (TPSA) is 38.0 Å². The van der Waals surface area contributed by atoms with Crippen LogP contribution in [0.4, 0.5) is 8.78 Å². The molecule has 1 unspecified atom stereocenters. The predicted octanol–water partition coefficient (Wildman–Crippen LogP) is 2.85. The zero-order valence-corrected chi connectivity index (χ0v) is 10.7. The molecular weight excluding hydrogens is 250 g/mol. The molecule has 102 valence electrons. The second-order valence-corrected chi connectivity index (χ2v) is 4.43. The van der Waals surface area contributed by atoms with E-state index in [9.17, 15) is 13.9 Å². The van der Waals surface area contributed by atoms with E-state index in [0.29, 0.717) is 12.2 Å². The molecule has 2 aromatic rings. The minimum atomic E-state index is -0.898. The Morgan fingerprint density at radius 2 is 2.11 bits per heavy atom. The third-order valence-corrected chi connectivity index (χ3v) is 2.95. The fourth-order valence-electron chi connectivity index (χ4n) is 2.04. The van der Waals surface area contributed by atoms with Crippen LogP contribution in [0.5, 0.6) is 0 Å². The molecule has 0 radical (unpaired) electrons. The van der Waals surface area contributed by atoms with Crippen molar-refractivity contribution in [2.75, 3.05) is 0 Å². The normalized spacial score (nSPS) is 12.6. The summed E-state index contributed by atoms with van der Waals surface area (Å²) in [6.07, 6.45) is 1.61. The Labute approximate surface area is 110 Å². The number of aliphatic hydroxyl groups is 1. The molecule has 1 atom stereocenters. The number of aromatic nitrogens is 2. The first-order chi connectivity index (χ1) is 9.11. The summed E-state index contributed by atoms with van der Waals surface area (Å²) in [6, 6.07) is 4.93. The lowest BCUT2D eigenvalue weighted by atomic mass is 10.0. The van der Waals surface area contributed by atoms with Gasteiger partial charge in [-0.1, -0.05) is 6.92 Å². The van der Waals surface area contributed by atoms with Gasteiger partial charge in [-0.3, -0.25) is 4.68 Å². The monoisotopic (exact) mass is 266 g/mol. The number of aryl methyl sites for hydroxylation is 1. The average Bonchev–Trinajstić information content (AvgIpc) is 2.82. The van der Waals surface area contributed by atoms with Gasteiger partial charge in [0.05, 0.1) is 11.8 Å². The zero-order valence-electron chi connectivity index (χ0n) is 10.7. The number of hydrogen-bond acceptors (Lipinski definition) is 2. The van der Waals surface area contributed by atoms with Crippen LogP contribution in [0.1, 0.15) is 30.7 Å². The molecule has 1 N–H and O–H groups in total. The maximum atomic E-state index is 13.5. The molecule has 0 amide bonds. The fraction of sp³-hybridized carbons (Fsp3) is 0.357. The summed E-state index contributed by atoms with van der Waals surface area (Å²) in [5, 5.41) is 14.2. The van der Waals surface area contributed by atoms with E-state index >= 15 is 0 Å². The zero-order chi connectivity index (χ0) is 13.8. The van der Waals surface area contributed by atoms with Crippen LogP contribution in [-0.4, -0.2) is 14.9 Å². The predicted molar refractivity (Wildman–Crippen MR) is 67.5 cm³/mol. The standard InChI is InChI=1S/C14H16F2N2O/c1-2-7-18-13(5-6-17-18)14(19)9-10-8-11(15)3-4-12(10)16/h3-6,8,14,19H,2,7,9H2,1H3. The van der Waals surface area contributed by atoms with Gasteiger partial charge in [0.2, 0.25) is 0 Å². The van der Waals surface area contributed by atoms with Crippen molar-refractivity contribution in [3.8, 4) is 0 Å². The van der Waals surface area contributed by atoms with E-state index in [4.69, 9.17) is 0 Å². The van der Waals surface area contributed by atoms with Crippen molar-refractivity contribution in [1.29, 1.82) is 0 Å². The van der Waals surface area contributed by atoms with Crippen molar-refractivity contribution in [1.82, 2.24) is 9.78 Å². The van der Waals surface area contributed by atoms with Crippen LogP contribution in [0.25, 0.3) is 0 Å². The van der Waals surface area contributed by atoms with Gasteiger partial charge in [-0.25, -0.2) is 8.78 Å². The van der Waals surface area contributed by atoms with Crippen molar-refractivity contribution < 1.29 is 13.9 Å². The molecule has 1 aromatic carbocycles. The van der Waals surface area contributed by atoms with Gasteiger partial charge >= 0.3 is 0 Å². The van der Waals surface area contributed by atoms with Gasteiger partial charge in [0.1, 0.15) is 11.6 Å². The van der Waals surface area contributed by atoms with Crippen molar-refractivity contribution in [2.45, 2.75) is 32.4 Å². The second kappa shape index (κ2) is 5.93. The molecule has 1 aromatic heterocycles. The molecule has 0 bridgehead atoms. The number of hydrogen-bond donors (Lipinski definition) is 1. The van der Waals surface area contributed by atoms with Gasteiger partial charge in [-0.15, -0.1) is 0 Å². The van der Waals surface area contributed by atoms with Crippen LogP contribution in [0.2, 0.25) is 0 Å². The van der Waals surface area contributed by atoms with Crippen LogP contribution in [-0.2, 0) is 13.0 Å². The highest BCUT2D eigenvalue weighted by Gasteiger charge is 2.16. The molecule has 3 nitrogen and oxygen atoms in total. The third-order valence-electron chi connectivity index (χ3n) is 2.95. The summed E-state index contributed by atoms with van der Waals surface area (Å²) in [7, 11) is 0. The highest BCUT2D eigenvalue weighted by molar-refractivity contribution is 5.21. The van der Waals surface area contributed by atoms with Crippen molar-refractivity contribution >= 4 is 0 Å². The number of nitrogens with zero attached hydrogens (tertiary/aromatic N) is 2. The van der Waals surface area contributed by atoms with Crippen LogP contribution >= 0.6 is 0 Å². The SMILES string of the molecule is CCCn1nccc1C(O)Cc1cc(F)ccc1F. The third kappa shape index (κ3) is 3.17. The summed E-state index contributed by atoms with van der Waals surface area (Å²) in [4.78, 5) is 0. The van der Waals surface area contributed by atoms with Crippen LogP contribution in [0, 0.1) is 11.6 Å². The quantitative estimate of drug-likeness (QED) is 0.903. The van der Waals surface area contributed by atoms with Crippen molar-refractivity contribution in [2.24, 2.45) is 0 Å². The van der Waals surface area contributed by atoms with Gasteiger partial charge < -0.3 is 5.11 Å². The Hall–Kier alpha value is -1.75. The van der Waals surface area contributed by atoms with Gasteiger partial charge in [0.15, 0.2) is 0 Å². The van der Waals surface area contributed by atoms with Crippen molar-refractivity contribution in [3.63, 3.8) is 0 Å². The van der Waals surface area contributed by atoms with E-state index in [1.807, 2.05) is 6.92 Å². The first-order valence-electron chi connectivity index (χ1n) is 6.25. The molecule has 1 heterocycles. The lowest BCUT2D eigenvalue weighted by Crippen LogP contribution is -2.11. The summed E-state index contributed by atoms with van der Waals surface area (Å²) in [6.45, 7) is 2.69. The minimum absolute atomic E-state index is 0.0268. The van der Waals surface area contributed by atoms with E-state index in [1.54, 1.807) is 16.9 Å². The van der Waals surface area contributed by atoms with Gasteiger partial charge in [0.25, 0.3) is 0 Å². The van der Waals surface area contributed by atoms with Gasteiger partial charge in [-0.2, -0.15) is 5.10 Å². The van der Waals surface area contributed by atoms with Crippen LogP contribution in [0.15, 0.2) is 30.5 Å². The Kier molecular flexibility index (Phi) is 4.27. The maximum absolute atomic E-state index is 13.5. The van der Waals surface area contributed by atoms with E-state index in [0.717, 1.165) is 24.6 Å². The van der Waals surface area contributed by atoms with Gasteiger partial charge in [-0.05, 0) is 36.2 Å². The molecule has 0 aliphatic carbocycles. The number of aliphatic hydroxyl groups excluding tert-OH is 1. The van der Waals surface area contributed by atoms with E-state index in [1.165, 1.54) is 0 Å². The van der Waals surface area contributed by atoms with Crippen LogP contribution in [0.3, 0.4) is 0 Å². The minimum Gasteiger partial charge on any atom is -0.386 e. The fourth-order valence-corrected chi connectivity index (χ4v) is 2.04. The lowest BCUT2D eigenvalue weighted by molar-refractivity contribution is 0.165. The average molecular weight is 266 g/mol. The molecule has 19 heavy (non-hydrogen) atoms. The lowest BCUT2D eigenvalue weighted by Gasteiger charge is -2.13. The molecule has 0 spiro atoms. The van der Waals surface area contributed by atoms with E-state index < -0.39 is 17.7 Å². The Bertz CT molecular complexity index is 554. The smallest absolute Gasteiger partial charge is 0.126 e. The molecule has 2 rings (SSSR count). The number of halogens is 2. The molecule has 0 aliphatic heterocycles. The first kappa shape index (κ1) is 13.7. The van der Waals surface area contributed by atoms with Crippen LogP contribution < -0.4 is 0 Å². The molecule has 5 heteroatoms. The highest BCUT2D eigenvalue weighted by atomic mass is 19.1. The van der Waals surface area contributed by atoms with E-state index in [2.05, 4.69) is 5.10 Å². The molecule has 0 saturated heterocycles. The molecular formula is C14H16F2N2O. The molecule has 0 aliphatic rings. The Morgan fingerprint density at radius 3 is 2.84 bits per heavy atom. The summed E-state index contributed by atoms with van der Waals surface area (Å²) >= 11 is 0. The highest BCUT2D eigenvalue weighted by Crippen LogP contribution is 2.20. The summed E-state index contributed by atoms with van der Waals surface area (Å²) in [5.41, 5.74) is 0.780. The molecule has 0 saturated carbocycles. The van der Waals surface area contributed by atoms with E-state index in [-0.39, 0.29) is 12.0 Å². The number of benzene rings is 1. The Balaban J connectivity index is 2.18. The maximum Gasteiger partial charge on any atom is 0.126 e. The van der Waals surface area contributed by atoms with Gasteiger partial charge in [0, 0.05) is 19.2 Å². The summed E-state index contributed by atoms with van der Waals surface area (Å²) in [5.74, 6) is -1.02. The first-order valence-corrected chi connectivity index (χ1v) is 6.25. The Morgan fingerprint density at radius 1 is 1.32 bits per heavy atom. The molecule has 0 fully saturated rings. The second-order valence-electron chi connectivity index (χ2n) is 4.43. The van der Waals surface area contributed by atoms with Crippen molar-refractivity contribution in [3.05, 3.63) is 53.4 Å². The number of rotatable bonds is 5. The summed E-state index contributed by atoms with van der Waals surface area (Å²) < 4.78 is 28.3.